The van der Waals surface area contributed by atoms with Crippen molar-refractivity contribution in [1.82, 2.24) is 0 Å². The number of aromatic hydroxyl groups is 2. The molecule has 2 nitrogen and oxygen atoms in total. The highest BCUT2D eigenvalue weighted by Crippen LogP contribution is 2.51. The third-order valence-electron chi connectivity index (χ3n) is 5.26. The predicted octanol–water partition coefficient (Wildman–Crippen LogP) is 5.85. The summed E-state index contributed by atoms with van der Waals surface area (Å²) >= 11 is 0. The summed E-state index contributed by atoms with van der Waals surface area (Å²) in [4.78, 5) is 0. The zero-order valence-corrected chi connectivity index (χ0v) is 14.7. The van der Waals surface area contributed by atoms with Crippen LogP contribution in [0.15, 0.2) is 36.4 Å². The monoisotopic (exact) mass is 314 g/mol. The van der Waals surface area contributed by atoms with Gasteiger partial charge in [0.25, 0.3) is 0 Å². The number of rotatable bonds is 6. The van der Waals surface area contributed by atoms with E-state index in [9.17, 15) is 10.2 Å². The number of allylic oxidation sites excluding steroid dienone is 3. The number of hydrogen-bond acceptors (Lipinski definition) is 2. The maximum absolute atomic E-state index is 10.6. The molecule has 0 spiro atoms. The number of hydrogen-bond donors (Lipinski definition) is 2. The Hall–Kier alpha value is -1.70. The highest BCUT2D eigenvalue weighted by molar-refractivity contribution is 5.52. The van der Waals surface area contributed by atoms with E-state index in [-0.39, 0.29) is 22.8 Å². The molecular weight excluding hydrogens is 284 g/mol. The molecule has 0 aliphatic heterocycles. The Kier molecular flexibility index (Phi) is 5.56. The van der Waals surface area contributed by atoms with Gasteiger partial charge in [0.2, 0.25) is 0 Å². The molecule has 2 unspecified atom stereocenters. The Morgan fingerprint density at radius 3 is 2.48 bits per heavy atom. The zero-order chi connectivity index (χ0) is 17.0. The summed E-state index contributed by atoms with van der Waals surface area (Å²) < 4.78 is 0. The fourth-order valence-corrected chi connectivity index (χ4v) is 3.54. The predicted molar refractivity (Wildman–Crippen MR) is 97.0 cm³/mol. The summed E-state index contributed by atoms with van der Waals surface area (Å²) in [6.07, 6.45) is 10.5. The topological polar surface area (TPSA) is 40.5 Å². The van der Waals surface area contributed by atoms with Gasteiger partial charge in [-0.15, -0.1) is 6.58 Å². The van der Waals surface area contributed by atoms with Crippen LogP contribution in [-0.4, -0.2) is 10.2 Å². The molecule has 1 aromatic carbocycles. The van der Waals surface area contributed by atoms with Gasteiger partial charge in [-0.3, -0.25) is 0 Å². The average molecular weight is 314 g/mol. The van der Waals surface area contributed by atoms with Crippen LogP contribution in [0.25, 0.3) is 0 Å². The van der Waals surface area contributed by atoms with Crippen molar-refractivity contribution < 1.29 is 10.2 Å². The Morgan fingerprint density at radius 1 is 1.26 bits per heavy atom. The zero-order valence-electron chi connectivity index (χ0n) is 14.7. The van der Waals surface area contributed by atoms with Crippen molar-refractivity contribution in [3.05, 3.63) is 47.6 Å². The first-order chi connectivity index (χ1) is 10.9. The number of phenols is 2. The number of aryl methyl sites for hydroxylation is 1. The molecule has 0 fully saturated rings. The van der Waals surface area contributed by atoms with E-state index in [4.69, 9.17) is 0 Å². The normalized spacial score (nSPS) is 24.3. The molecule has 0 bridgehead atoms. The van der Waals surface area contributed by atoms with E-state index in [0.717, 1.165) is 31.2 Å². The minimum absolute atomic E-state index is 0.0292. The molecule has 0 aromatic heterocycles. The fraction of sp³-hybridized carbons (Fsp3) is 0.524. The smallest absolute Gasteiger partial charge is 0.123 e. The third-order valence-corrected chi connectivity index (χ3v) is 5.26. The van der Waals surface area contributed by atoms with Crippen molar-refractivity contribution in [3.8, 4) is 11.5 Å². The van der Waals surface area contributed by atoms with E-state index in [1.807, 2.05) is 18.2 Å². The summed E-state index contributed by atoms with van der Waals surface area (Å²) in [6, 6.07) is 3.65. The molecule has 2 heteroatoms. The van der Waals surface area contributed by atoms with Crippen molar-refractivity contribution in [2.24, 2.45) is 5.41 Å². The minimum atomic E-state index is -0.141. The van der Waals surface area contributed by atoms with Crippen LogP contribution >= 0.6 is 0 Å². The molecule has 1 aromatic rings. The van der Waals surface area contributed by atoms with Gasteiger partial charge in [-0.1, -0.05) is 44.4 Å². The number of unbranched alkanes of at least 4 members (excludes halogenated alkanes) is 2. The second-order valence-electron chi connectivity index (χ2n) is 7.21. The fourth-order valence-electron chi connectivity index (χ4n) is 3.54. The summed E-state index contributed by atoms with van der Waals surface area (Å²) in [5.41, 5.74) is 2.82. The van der Waals surface area contributed by atoms with Gasteiger partial charge < -0.3 is 10.2 Å². The van der Waals surface area contributed by atoms with Gasteiger partial charge in [-0.2, -0.15) is 0 Å². The first kappa shape index (κ1) is 17.7. The molecule has 2 rings (SSSR count). The van der Waals surface area contributed by atoms with Gasteiger partial charge in [0.05, 0.1) is 0 Å². The van der Waals surface area contributed by atoms with Crippen LogP contribution in [-0.2, 0) is 6.42 Å². The maximum Gasteiger partial charge on any atom is 0.123 e. The Balaban J connectivity index is 2.38. The lowest BCUT2D eigenvalue weighted by molar-refractivity contribution is 0.316. The van der Waals surface area contributed by atoms with Crippen LogP contribution < -0.4 is 0 Å². The van der Waals surface area contributed by atoms with E-state index in [1.165, 1.54) is 18.4 Å². The van der Waals surface area contributed by atoms with Gasteiger partial charge >= 0.3 is 0 Å². The van der Waals surface area contributed by atoms with E-state index in [0.29, 0.717) is 5.56 Å². The molecule has 2 atom stereocenters. The van der Waals surface area contributed by atoms with Crippen molar-refractivity contribution >= 4 is 0 Å². The maximum atomic E-state index is 10.6. The first-order valence-corrected chi connectivity index (χ1v) is 8.77. The molecule has 1 aliphatic rings. The summed E-state index contributed by atoms with van der Waals surface area (Å²) in [7, 11) is 0. The molecule has 23 heavy (non-hydrogen) atoms. The van der Waals surface area contributed by atoms with Gasteiger partial charge in [0.15, 0.2) is 0 Å². The minimum Gasteiger partial charge on any atom is -0.507 e. The highest BCUT2D eigenvalue weighted by Gasteiger charge is 2.36. The van der Waals surface area contributed by atoms with E-state index >= 15 is 0 Å². The molecule has 2 N–H and O–H groups in total. The Labute approximate surface area is 140 Å². The summed E-state index contributed by atoms with van der Waals surface area (Å²) in [6.45, 7) is 10.4. The summed E-state index contributed by atoms with van der Waals surface area (Å²) in [5.74, 6) is 0.388. The second-order valence-corrected chi connectivity index (χ2v) is 7.21. The van der Waals surface area contributed by atoms with Crippen LogP contribution in [0.1, 0.15) is 69.9 Å². The van der Waals surface area contributed by atoms with Gasteiger partial charge in [0, 0.05) is 11.5 Å². The van der Waals surface area contributed by atoms with Gasteiger partial charge in [0.1, 0.15) is 11.5 Å². The number of benzene rings is 1. The van der Waals surface area contributed by atoms with Gasteiger partial charge in [-0.25, -0.2) is 0 Å². The molecule has 0 radical (unpaired) electrons. The molecule has 0 saturated heterocycles. The van der Waals surface area contributed by atoms with Crippen LogP contribution in [0.2, 0.25) is 0 Å². The third kappa shape index (κ3) is 3.80. The van der Waals surface area contributed by atoms with Gasteiger partial charge in [-0.05, 0) is 55.7 Å². The van der Waals surface area contributed by atoms with E-state index in [1.54, 1.807) is 0 Å². The average Bonchev–Trinajstić information content (AvgIpc) is 2.50. The standard InChI is InChI=1S/C21H30O2/c1-5-7-8-9-16-13-18(22)20(19(23)14-16)17-12-15(3)10-11-21(17,4)6-2/h6,12-14,17,22-23H,2,5,7-11H2,1,3-4H3. The van der Waals surface area contributed by atoms with Crippen molar-refractivity contribution in [2.45, 2.75) is 65.2 Å². The molecule has 0 heterocycles. The van der Waals surface area contributed by atoms with Crippen LogP contribution in [0.4, 0.5) is 0 Å². The van der Waals surface area contributed by atoms with Crippen LogP contribution in [0, 0.1) is 5.41 Å². The van der Waals surface area contributed by atoms with Crippen molar-refractivity contribution in [3.63, 3.8) is 0 Å². The Bertz CT molecular complexity index is 577. The van der Waals surface area contributed by atoms with Crippen LogP contribution in [0.5, 0.6) is 11.5 Å². The molecule has 126 valence electrons. The van der Waals surface area contributed by atoms with Crippen molar-refractivity contribution in [2.75, 3.05) is 0 Å². The lowest BCUT2D eigenvalue weighted by Crippen LogP contribution is -2.25. The summed E-state index contributed by atoms with van der Waals surface area (Å²) in [5, 5.41) is 21.1. The second kappa shape index (κ2) is 7.25. The first-order valence-electron chi connectivity index (χ1n) is 8.77. The van der Waals surface area contributed by atoms with E-state index < -0.39 is 0 Å². The number of phenolic OH excluding ortho intramolecular Hbond substituents is 2. The SMILES string of the molecule is C=CC1(C)CCC(C)=CC1c1c(O)cc(CCCCC)cc1O. The highest BCUT2D eigenvalue weighted by atomic mass is 16.3. The molecular formula is C21H30O2. The quantitative estimate of drug-likeness (QED) is 0.511. The largest absolute Gasteiger partial charge is 0.507 e. The lowest BCUT2D eigenvalue weighted by atomic mass is 9.66. The molecule has 1 aliphatic carbocycles. The molecule has 0 saturated carbocycles. The van der Waals surface area contributed by atoms with Crippen molar-refractivity contribution in [1.29, 1.82) is 0 Å². The van der Waals surface area contributed by atoms with E-state index in [2.05, 4.69) is 33.4 Å². The van der Waals surface area contributed by atoms with Crippen LogP contribution in [0.3, 0.4) is 0 Å². The lowest BCUT2D eigenvalue weighted by Gasteiger charge is -2.38. The molecule has 0 amide bonds. The Morgan fingerprint density at radius 2 is 1.91 bits per heavy atom.